The van der Waals surface area contributed by atoms with Crippen LogP contribution in [-0.4, -0.2) is 82.0 Å². The maximum Gasteiger partial charge on any atom is 0.333 e. The van der Waals surface area contributed by atoms with Gasteiger partial charge in [-0.05, 0) is 53.4 Å². The van der Waals surface area contributed by atoms with Crippen molar-refractivity contribution in [1.82, 2.24) is 10.1 Å². The lowest BCUT2D eigenvalue weighted by molar-refractivity contribution is -0.197. The zero-order valence-corrected chi connectivity index (χ0v) is 26.5. The summed E-state index contributed by atoms with van der Waals surface area (Å²) in [4.78, 5) is 103. The van der Waals surface area contributed by atoms with Gasteiger partial charge in [0.1, 0.15) is 5.60 Å². The summed E-state index contributed by atoms with van der Waals surface area (Å²) in [6, 6.07) is 0. The fourth-order valence-corrected chi connectivity index (χ4v) is 4.23. The second-order valence-electron chi connectivity index (χ2n) is 12.1. The molecular weight excluding hydrogens is 596 g/mol. The van der Waals surface area contributed by atoms with Crippen LogP contribution in [0, 0.1) is 0 Å². The number of esters is 2. The van der Waals surface area contributed by atoms with E-state index in [1.807, 2.05) is 13.8 Å². The van der Waals surface area contributed by atoms with Crippen LogP contribution in [0.3, 0.4) is 0 Å². The van der Waals surface area contributed by atoms with Crippen molar-refractivity contribution in [3.05, 3.63) is 0 Å². The van der Waals surface area contributed by atoms with Crippen LogP contribution in [0.25, 0.3) is 0 Å². The zero-order valence-electron chi connectivity index (χ0n) is 26.5. The van der Waals surface area contributed by atoms with Crippen molar-refractivity contribution in [2.75, 3.05) is 13.2 Å². The summed E-state index contributed by atoms with van der Waals surface area (Å²) in [7, 11) is 0. The van der Waals surface area contributed by atoms with E-state index in [4.69, 9.17) is 23.9 Å². The van der Waals surface area contributed by atoms with Crippen LogP contribution >= 0.6 is 0 Å². The molecule has 0 aromatic carbocycles. The number of hydrogen-bond acceptors (Lipinski definition) is 13. The van der Waals surface area contributed by atoms with Crippen molar-refractivity contribution >= 4 is 47.5 Å². The highest BCUT2D eigenvalue weighted by molar-refractivity contribution is 6.02. The minimum Gasteiger partial charge on any atom is -0.466 e. The highest BCUT2D eigenvalue weighted by atomic mass is 16.7. The van der Waals surface area contributed by atoms with Gasteiger partial charge in [-0.15, -0.1) is 10.1 Å². The van der Waals surface area contributed by atoms with Gasteiger partial charge < -0.3 is 23.9 Å². The molecule has 0 aromatic rings. The third kappa shape index (κ3) is 14.2. The Morgan fingerprint density at radius 3 is 1.38 bits per heavy atom. The number of hydroxylamine groups is 4. The van der Waals surface area contributed by atoms with Crippen LogP contribution in [-0.2, 0) is 62.2 Å². The van der Waals surface area contributed by atoms with Gasteiger partial charge in [0, 0.05) is 64.2 Å². The molecular formula is C30H44N2O13. The van der Waals surface area contributed by atoms with Gasteiger partial charge in [-0.2, -0.15) is 0 Å². The Bertz CT molecular complexity index is 1100. The van der Waals surface area contributed by atoms with E-state index in [2.05, 4.69) is 0 Å². The van der Waals surface area contributed by atoms with E-state index in [0.717, 1.165) is 0 Å². The van der Waals surface area contributed by atoms with Crippen LogP contribution in [0.2, 0.25) is 0 Å². The standard InChI is InChI=1S/C30H44N2O13/c1-29(2,17-19-41-25(37)9-5-7-11-27(39)44-31-21(33)13-14-22(31)34)42-20-18-30(3,4)43-26(38)10-6-8-12-28(40)45-32-23(35)15-16-24(32)36/h5-20H2,1-4H3. The van der Waals surface area contributed by atoms with E-state index in [-0.39, 0.29) is 64.6 Å². The molecule has 2 saturated heterocycles. The summed E-state index contributed by atoms with van der Waals surface area (Å²) in [5, 5.41) is 0.990. The Hall–Kier alpha value is -3.88. The lowest BCUT2D eigenvalue weighted by atomic mass is 10.0. The molecule has 0 N–H and O–H groups in total. The normalized spacial score (nSPS) is 15.5. The molecule has 2 rings (SSSR count). The molecule has 4 amide bonds. The number of unbranched alkanes of at least 4 members (excludes halogenated alkanes) is 2. The Morgan fingerprint density at radius 2 is 0.933 bits per heavy atom. The molecule has 0 radical (unpaired) electrons. The first kappa shape index (κ1) is 37.3. The number of imide groups is 2. The number of amides is 4. The fraction of sp³-hybridized carbons (Fsp3) is 0.733. The predicted octanol–water partition coefficient (Wildman–Crippen LogP) is 2.76. The van der Waals surface area contributed by atoms with Gasteiger partial charge in [0.05, 0.1) is 18.8 Å². The molecule has 15 heteroatoms. The Labute approximate surface area is 262 Å². The zero-order chi connectivity index (χ0) is 33.6. The van der Waals surface area contributed by atoms with Gasteiger partial charge >= 0.3 is 23.9 Å². The third-order valence-corrected chi connectivity index (χ3v) is 6.98. The molecule has 15 nitrogen and oxygen atoms in total. The van der Waals surface area contributed by atoms with Crippen molar-refractivity contribution in [3.8, 4) is 0 Å². The number of carbonyl (C=O) groups is 8. The molecule has 0 aromatic heterocycles. The minimum absolute atomic E-state index is 0.0218. The molecule has 2 aliphatic heterocycles. The predicted molar refractivity (Wildman–Crippen MR) is 152 cm³/mol. The van der Waals surface area contributed by atoms with Gasteiger partial charge in [-0.25, -0.2) is 9.59 Å². The van der Waals surface area contributed by atoms with Crippen molar-refractivity contribution in [2.24, 2.45) is 0 Å². The van der Waals surface area contributed by atoms with Crippen LogP contribution < -0.4 is 0 Å². The SMILES string of the molecule is CC(C)(CCOC(=O)CCCCC(=O)ON1C(=O)CCC1=O)OCCC(C)(C)OC(=O)CCCCC(=O)ON1C(=O)CCC1=O. The summed E-state index contributed by atoms with van der Waals surface area (Å²) >= 11 is 0. The Kier molecular flexibility index (Phi) is 14.6. The smallest absolute Gasteiger partial charge is 0.333 e. The Morgan fingerprint density at radius 1 is 0.556 bits per heavy atom. The van der Waals surface area contributed by atoms with E-state index < -0.39 is 58.7 Å². The van der Waals surface area contributed by atoms with Crippen LogP contribution in [0.5, 0.6) is 0 Å². The van der Waals surface area contributed by atoms with E-state index in [0.29, 0.717) is 48.7 Å². The monoisotopic (exact) mass is 640 g/mol. The first-order valence-electron chi connectivity index (χ1n) is 15.2. The van der Waals surface area contributed by atoms with Crippen LogP contribution in [0.15, 0.2) is 0 Å². The number of ether oxygens (including phenoxy) is 3. The first-order valence-corrected chi connectivity index (χ1v) is 15.2. The minimum atomic E-state index is -0.805. The van der Waals surface area contributed by atoms with Gasteiger partial charge in [-0.3, -0.25) is 28.8 Å². The van der Waals surface area contributed by atoms with E-state index in [1.165, 1.54) is 0 Å². The average Bonchev–Trinajstić information content (AvgIpc) is 3.43. The maximum atomic E-state index is 12.3. The fourth-order valence-electron chi connectivity index (χ4n) is 4.23. The van der Waals surface area contributed by atoms with E-state index in [9.17, 15) is 38.4 Å². The van der Waals surface area contributed by atoms with Gasteiger partial charge in [0.2, 0.25) is 0 Å². The number of carbonyl (C=O) groups excluding carboxylic acids is 8. The van der Waals surface area contributed by atoms with Gasteiger partial charge in [0.25, 0.3) is 23.6 Å². The molecule has 0 aliphatic carbocycles. The molecule has 0 atom stereocenters. The lowest BCUT2D eigenvalue weighted by Crippen LogP contribution is -2.33. The van der Waals surface area contributed by atoms with Gasteiger partial charge in [-0.1, -0.05) is 0 Å². The number of nitrogens with zero attached hydrogens (tertiary/aromatic N) is 2. The summed E-state index contributed by atoms with van der Waals surface area (Å²) in [6.45, 7) is 7.63. The molecule has 252 valence electrons. The highest BCUT2D eigenvalue weighted by Crippen LogP contribution is 2.21. The van der Waals surface area contributed by atoms with Crippen molar-refractivity contribution in [1.29, 1.82) is 0 Å². The average molecular weight is 641 g/mol. The van der Waals surface area contributed by atoms with Crippen LogP contribution in [0.1, 0.15) is 118 Å². The Balaban J connectivity index is 1.51. The van der Waals surface area contributed by atoms with Gasteiger partial charge in [0.15, 0.2) is 0 Å². The summed E-state index contributed by atoms with van der Waals surface area (Å²) in [5.41, 5.74) is -1.42. The lowest BCUT2D eigenvalue weighted by Gasteiger charge is -2.29. The first-order chi connectivity index (χ1) is 21.1. The second kappa shape index (κ2) is 17.6. The molecule has 0 unspecified atom stereocenters. The molecule has 2 heterocycles. The van der Waals surface area contributed by atoms with E-state index >= 15 is 0 Å². The molecule has 45 heavy (non-hydrogen) atoms. The molecule has 0 bridgehead atoms. The molecule has 0 spiro atoms. The number of rotatable bonds is 20. The van der Waals surface area contributed by atoms with Crippen molar-refractivity contribution < 1.29 is 62.2 Å². The largest absolute Gasteiger partial charge is 0.466 e. The third-order valence-electron chi connectivity index (χ3n) is 6.98. The van der Waals surface area contributed by atoms with Crippen molar-refractivity contribution in [3.63, 3.8) is 0 Å². The van der Waals surface area contributed by atoms with Crippen LogP contribution in [0.4, 0.5) is 0 Å². The maximum absolute atomic E-state index is 12.3. The second-order valence-corrected chi connectivity index (χ2v) is 12.1. The van der Waals surface area contributed by atoms with E-state index in [1.54, 1.807) is 13.8 Å². The topological polar surface area (TPSA) is 189 Å². The summed E-state index contributed by atoms with van der Waals surface area (Å²) in [5.74, 6) is -4.46. The molecule has 2 fully saturated rings. The molecule has 2 aliphatic rings. The summed E-state index contributed by atoms with van der Waals surface area (Å²) < 4.78 is 16.7. The number of hydrogen-bond donors (Lipinski definition) is 0. The van der Waals surface area contributed by atoms with Crippen molar-refractivity contribution in [2.45, 2.75) is 129 Å². The highest BCUT2D eigenvalue weighted by Gasteiger charge is 2.33. The molecule has 0 saturated carbocycles. The quantitative estimate of drug-likeness (QED) is 0.107. The summed E-state index contributed by atoms with van der Waals surface area (Å²) in [6.07, 6.45) is 2.41.